The second-order valence-electron chi connectivity index (χ2n) is 7.23. The van der Waals surface area contributed by atoms with Crippen molar-refractivity contribution in [2.75, 3.05) is 6.61 Å². The van der Waals surface area contributed by atoms with Gasteiger partial charge in [-0.05, 0) is 18.6 Å². The first-order chi connectivity index (χ1) is 15.1. The number of alkyl halides is 5. The third kappa shape index (κ3) is 5.82. The van der Waals surface area contributed by atoms with Crippen LogP contribution in [0.25, 0.3) is 0 Å². The van der Waals surface area contributed by atoms with Gasteiger partial charge in [0.2, 0.25) is 0 Å². The lowest BCUT2D eigenvalue weighted by Gasteiger charge is -2.23. The molecule has 0 radical (unpaired) electrons. The topological polar surface area (TPSA) is 18.5 Å². The van der Waals surface area contributed by atoms with Crippen LogP contribution in [0.3, 0.4) is 0 Å². The quantitative estimate of drug-likeness (QED) is 0.344. The molecule has 0 saturated heterocycles. The van der Waals surface area contributed by atoms with Crippen LogP contribution < -0.4 is 4.74 Å². The van der Waals surface area contributed by atoms with Crippen LogP contribution in [0.4, 0.5) is 26.3 Å². The molecule has 0 bridgehead atoms. The highest BCUT2D eigenvalue weighted by molar-refractivity contribution is 5.47. The van der Waals surface area contributed by atoms with Crippen LogP contribution in [0.1, 0.15) is 27.8 Å². The molecule has 0 heterocycles. The largest absolute Gasteiger partial charge is 0.488 e. The first-order valence-corrected chi connectivity index (χ1v) is 9.66. The fourth-order valence-electron chi connectivity index (χ4n) is 3.05. The monoisotopic (exact) mass is 454 g/mol. The van der Waals surface area contributed by atoms with Crippen molar-refractivity contribution in [3.05, 3.63) is 100 Å². The maximum atomic E-state index is 15.4. The van der Waals surface area contributed by atoms with E-state index in [1.165, 1.54) is 24.3 Å². The molecule has 3 aromatic rings. The van der Waals surface area contributed by atoms with Gasteiger partial charge in [-0.25, -0.2) is 4.39 Å². The molecule has 0 aromatic heterocycles. The highest BCUT2D eigenvalue weighted by atomic mass is 19.4. The van der Waals surface area contributed by atoms with Crippen molar-refractivity contribution in [3.8, 4) is 5.75 Å². The molecule has 0 aliphatic rings. The van der Waals surface area contributed by atoms with E-state index in [1.54, 1.807) is 37.3 Å². The lowest BCUT2D eigenvalue weighted by Crippen LogP contribution is -2.21. The van der Waals surface area contributed by atoms with E-state index in [-0.39, 0.29) is 6.61 Å². The fourth-order valence-corrected chi connectivity index (χ4v) is 3.05. The molecule has 170 valence electrons. The number of benzene rings is 3. The molecule has 0 atom stereocenters. The Morgan fingerprint density at radius 3 is 2.06 bits per heavy atom. The van der Waals surface area contributed by atoms with Gasteiger partial charge in [-0.2, -0.15) is 22.0 Å². The molecule has 0 aliphatic carbocycles. The smallest absolute Gasteiger partial charge is 0.411 e. The zero-order valence-corrected chi connectivity index (χ0v) is 17.1. The minimum absolute atomic E-state index is 0.0961. The second kappa shape index (κ2) is 9.65. The SMILES string of the molecule is Cc1ccc(C(F)(F)c2c(OCc3ccccc3)ccc(COCC(F)(F)F)c2F)cc1. The van der Waals surface area contributed by atoms with E-state index in [0.717, 1.165) is 17.7 Å². The van der Waals surface area contributed by atoms with Gasteiger partial charge >= 0.3 is 12.1 Å². The Morgan fingerprint density at radius 2 is 1.44 bits per heavy atom. The Bertz CT molecular complexity index is 1030. The number of rotatable bonds is 8. The Hall–Kier alpha value is -3.00. The molecule has 0 unspecified atom stereocenters. The van der Waals surface area contributed by atoms with Gasteiger partial charge in [0.1, 0.15) is 30.3 Å². The summed E-state index contributed by atoms with van der Waals surface area (Å²) in [6.45, 7) is -0.819. The molecule has 0 saturated carbocycles. The summed E-state index contributed by atoms with van der Waals surface area (Å²) in [7, 11) is 0. The van der Waals surface area contributed by atoms with Gasteiger partial charge in [0, 0.05) is 11.1 Å². The van der Waals surface area contributed by atoms with Crippen molar-refractivity contribution < 1.29 is 35.8 Å². The Morgan fingerprint density at radius 1 is 0.781 bits per heavy atom. The lowest BCUT2D eigenvalue weighted by molar-refractivity contribution is -0.176. The molecular formula is C24H20F6O2. The highest BCUT2D eigenvalue weighted by Crippen LogP contribution is 2.43. The number of aryl methyl sites for hydroxylation is 1. The number of hydrogen-bond donors (Lipinski definition) is 0. The molecule has 2 nitrogen and oxygen atoms in total. The summed E-state index contributed by atoms with van der Waals surface area (Å²) < 4.78 is 93.1. The van der Waals surface area contributed by atoms with E-state index in [4.69, 9.17) is 4.74 Å². The van der Waals surface area contributed by atoms with Crippen LogP contribution in [-0.4, -0.2) is 12.8 Å². The first kappa shape index (κ1) is 23.7. The molecule has 32 heavy (non-hydrogen) atoms. The molecule has 8 heteroatoms. The standard InChI is InChI=1S/C24H20F6O2/c1-16-7-10-19(11-8-16)24(29,30)21-20(32-13-17-5-3-2-4-6-17)12-9-18(22(21)25)14-31-15-23(26,27)28/h2-12H,13-15H2,1H3. The third-order valence-corrected chi connectivity index (χ3v) is 4.67. The van der Waals surface area contributed by atoms with E-state index in [1.807, 2.05) is 0 Å². The molecule has 0 N–H and O–H groups in total. The molecule has 0 spiro atoms. The van der Waals surface area contributed by atoms with Crippen LogP contribution in [0.5, 0.6) is 5.75 Å². The summed E-state index contributed by atoms with van der Waals surface area (Å²) >= 11 is 0. The van der Waals surface area contributed by atoms with Crippen molar-refractivity contribution in [1.29, 1.82) is 0 Å². The molecular weight excluding hydrogens is 434 g/mol. The van der Waals surface area contributed by atoms with Crippen LogP contribution >= 0.6 is 0 Å². The van der Waals surface area contributed by atoms with Crippen molar-refractivity contribution in [3.63, 3.8) is 0 Å². The van der Waals surface area contributed by atoms with Gasteiger partial charge in [0.25, 0.3) is 0 Å². The average Bonchev–Trinajstić information content (AvgIpc) is 2.73. The second-order valence-corrected chi connectivity index (χ2v) is 7.23. The van der Waals surface area contributed by atoms with Crippen LogP contribution in [0, 0.1) is 12.7 Å². The van der Waals surface area contributed by atoms with E-state index >= 15 is 13.2 Å². The molecule has 0 amide bonds. The van der Waals surface area contributed by atoms with E-state index in [9.17, 15) is 13.2 Å². The van der Waals surface area contributed by atoms with Crippen molar-refractivity contribution >= 4 is 0 Å². The summed E-state index contributed by atoms with van der Waals surface area (Å²) in [6.07, 6.45) is -4.62. The van der Waals surface area contributed by atoms with Crippen molar-refractivity contribution in [2.45, 2.75) is 32.2 Å². The molecule has 0 aliphatic heterocycles. The third-order valence-electron chi connectivity index (χ3n) is 4.67. The minimum atomic E-state index is -4.62. The Labute approximate surface area is 181 Å². The summed E-state index contributed by atoms with van der Waals surface area (Å²) in [6, 6.07) is 16.1. The van der Waals surface area contributed by atoms with E-state index in [2.05, 4.69) is 4.74 Å². The van der Waals surface area contributed by atoms with Crippen LogP contribution in [0.15, 0.2) is 66.7 Å². The minimum Gasteiger partial charge on any atom is -0.488 e. The van der Waals surface area contributed by atoms with Gasteiger partial charge in [-0.15, -0.1) is 0 Å². The fraction of sp³-hybridized carbons (Fsp3) is 0.250. The Kier molecular flexibility index (Phi) is 7.13. The Balaban J connectivity index is 1.98. The highest BCUT2D eigenvalue weighted by Gasteiger charge is 2.41. The molecule has 3 aromatic carbocycles. The van der Waals surface area contributed by atoms with E-state index in [0.29, 0.717) is 5.56 Å². The summed E-state index contributed by atoms with van der Waals surface area (Å²) in [5, 5.41) is 0. The summed E-state index contributed by atoms with van der Waals surface area (Å²) in [5.74, 6) is -5.58. The van der Waals surface area contributed by atoms with Gasteiger partial charge in [0.05, 0.1) is 6.61 Å². The van der Waals surface area contributed by atoms with Gasteiger partial charge in [0.15, 0.2) is 0 Å². The summed E-state index contributed by atoms with van der Waals surface area (Å²) in [4.78, 5) is 0. The van der Waals surface area contributed by atoms with Crippen molar-refractivity contribution in [2.24, 2.45) is 0 Å². The lowest BCUT2D eigenvalue weighted by atomic mass is 9.96. The van der Waals surface area contributed by atoms with Crippen LogP contribution in [-0.2, 0) is 23.9 Å². The first-order valence-electron chi connectivity index (χ1n) is 9.66. The molecule has 3 rings (SSSR count). The normalized spacial score (nSPS) is 12.1. The predicted molar refractivity (Wildman–Crippen MR) is 107 cm³/mol. The zero-order valence-electron chi connectivity index (χ0n) is 17.1. The van der Waals surface area contributed by atoms with Crippen molar-refractivity contribution in [1.82, 2.24) is 0 Å². The summed E-state index contributed by atoms with van der Waals surface area (Å²) in [5.41, 5.74) is -0.539. The van der Waals surface area contributed by atoms with Gasteiger partial charge in [-0.3, -0.25) is 0 Å². The average molecular weight is 454 g/mol. The number of ether oxygens (including phenoxy) is 2. The maximum absolute atomic E-state index is 15.4. The van der Waals surface area contributed by atoms with Gasteiger partial charge < -0.3 is 9.47 Å². The van der Waals surface area contributed by atoms with Crippen LogP contribution in [0.2, 0.25) is 0 Å². The zero-order chi connectivity index (χ0) is 23.4. The van der Waals surface area contributed by atoms with Gasteiger partial charge in [-0.1, -0.05) is 66.2 Å². The predicted octanol–water partition coefficient (Wildman–Crippen LogP) is 6.93. The molecule has 0 fully saturated rings. The maximum Gasteiger partial charge on any atom is 0.411 e. The number of hydrogen-bond acceptors (Lipinski definition) is 2. The van der Waals surface area contributed by atoms with E-state index < -0.39 is 53.6 Å². The number of halogens is 6.